The van der Waals surface area contributed by atoms with Gasteiger partial charge in [0.15, 0.2) is 9.84 Å². The van der Waals surface area contributed by atoms with E-state index in [9.17, 15) is 13.2 Å². The molecule has 1 N–H and O–H groups in total. The zero-order valence-corrected chi connectivity index (χ0v) is 13.4. The van der Waals surface area contributed by atoms with Crippen LogP contribution in [0.4, 0.5) is 0 Å². The van der Waals surface area contributed by atoms with Gasteiger partial charge in [-0.3, -0.25) is 4.79 Å². The second kappa shape index (κ2) is 6.75. The maximum atomic E-state index is 12.3. The van der Waals surface area contributed by atoms with Gasteiger partial charge in [-0.25, -0.2) is 8.42 Å². The molecule has 0 aromatic heterocycles. The monoisotopic (exact) mass is 317 g/mol. The molecule has 0 aliphatic rings. The molecular formula is C17H19NO3S. The highest BCUT2D eigenvalue weighted by molar-refractivity contribution is 7.89. The van der Waals surface area contributed by atoms with Crippen LogP contribution in [-0.4, -0.2) is 20.6 Å². The number of hydrogen-bond donors (Lipinski definition) is 1. The van der Waals surface area contributed by atoms with Crippen molar-refractivity contribution in [2.45, 2.75) is 18.7 Å². The summed E-state index contributed by atoms with van der Waals surface area (Å²) in [6.07, 6.45) is 1.18. The van der Waals surface area contributed by atoms with Gasteiger partial charge in [-0.05, 0) is 30.2 Å². The lowest BCUT2D eigenvalue weighted by atomic mass is 10.1. The molecule has 0 fully saturated rings. The van der Waals surface area contributed by atoms with Crippen molar-refractivity contribution in [2.24, 2.45) is 0 Å². The molecule has 2 rings (SSSR count). The van der Waals surface area contributed by atoms with Crippen LogP contribution in [0.2, 0.25) is 0 Å². The number of sulfone groups is 1. The molecule has 4 nitrogen and oxygen atoms in total. The summed E-state index contributed by atoms with van der Waals surface area (Å²) in [5, 5.41) is 2.91. The first kappa shape index (κ1) is 16.2. The second-order valence-corrected chi connectivity index (χ2v) is 7.52. The largest absolute Gasteiger partial charge is 0.346 e. The summed E-state index contributed by atoms with van der Waals surface area (Å²) in [5.41, 5.74) is 2.09. The Morgan fingerprint density at radius 2 is 1.77 bits per heavy atom. The van der Waals surface area contributed by atoms with Crippen molar-refractivity contribution in [2.75, 3.05) is 6.26 Å². The fourth-order valence-corrected chi connectivity index (χ4v) is 3.00. The topological polar surface area (TPSA) is 63.2 Å². The van der Waals surface area contributed by atoms with Crippen molar-refractivity contribution in [3.05, 3.63) is 71.3 Å². The Labute approximate surface area is 131 Å². The predicted octanol–water partition coefficient (Wildman–Crippen LogP) is 2.72. The van der Waals surface area contributed by atoms with E-state index < -0.39 is 9.84 Å². The van der Waals surface area contributed by atoms with E-state index in [-0.39, 0.29) is 17.7 Å². The Morgan fingerprint density at radius 3 is 2.41 bits per heavy atom. The minimum absolute atomic E-state index is 0.0671. The Bertz CT molecular complexity index is 754. The van der Waals surface area contributed by atoms with Gasteiger partial charge in [0.1, 0.15) is 0 Å². The minimum Gasteiger partial charge on any atom is -0.346 e. The molecular weight excluding hydrogens is 298 g/mol. The summed E-state index contributed by atoms with van der Waals surface area (Å²) in [7, 11) is -3.12. The van der Waals surface area contributed by atoms with Crippen molar-refractivity contribution in [3.8, 4) is 0 Å². The van der Waals surface area contributed by atoms with E-state index >= 15 is 0 Å². The third-order valence-electron chi connectivity index (χ3n) is 3.27. The van der Waals surface area contributed by atoms with Crippen LogP contribution in [0.25, 0.3) is 0 Å². The van der Waals surface area contributed by atoms with Crippen LogP contribution in [0.3, 0.4) is 0 Å². The van der Waals surface area contributed by atoms with E-state index in [4.69, 9.17) is 0 Å². The van der Waals surface area contributed by atoms with Gasteiger partial charge >= 0.3 is 0 Å². The number of carbonyl (C=O) groups excluding carboxylic acids is 1. The van der Waals surface area contributed by atoms with Crippen molar-refractivity contribution in [3.63, 3.8) is 0 Å². The summed E-state index contributed by atoms with van der Waals surface area (Å²) < 4.78 is 22.7. The third kappa shape index (κ3) is 4.70. The zero-order chi connectivity index (χ0) is 16.2. The standard InChI is InChI=1S/C17H19NO3S/c1-13(15-8-4-3-5-9-15)18-17(19)16-10-6-7-14(11-16)12-22(2,20)21/h3-11,13H,12H2,1-2H3,(H,18,19)/t13-/m0/s1. The number of nitrogens with one attached hydrogen (secondary N) is 1. The molecule has 0 heterocycles. The van der Waals surface area contributed by atoms with Gasteiger partial charge in [-0.1, -0.05) is 42.5 Å². The van der Waals surface area contributed by atoms with E-state index in [0.717, 1.165) is 5.56 Å². The van der Waals surface area contributed by atoms with E-state index in [1.165, 1.54) is 6.26 Å². The molecule has 0 saturated heterocycles. The number of amides is 1. The molecule has 0 saturated carbocycles. The Kier molecular flexibility index (Phi) is 4.98. The van der Waals surface area contributed by atoms with Gasteiger partial charge in [0.25, 0.3) is 5.91 Å². The summed E-state index contributed by atoms with van der Waals surface area (Å²) in [6.45, 7) is 1.91. The summed E-state index contributed by atoms with van der Waals surface area (Å²) in [6, 6.07) is 16.2. The molecule has 0 spiro atoms. The molecule has 0 unspecified atom stereocenters. The number of hydrogen-bond acceptors (Lipinski definition) is 3. The highest BCUT2D eigenvalue weighted by Crippen LogP contribution is 2.14. The van der Waals surface area contributed by atoms with Crippen molar-refractivity contribution < 1.29 is 13.2 Å². The van der Waals surface area contributed by atoms with Crippen LogP contribution in [0, 0.1) is 0 Å². The van der Waals surface area contributed by atoms with Gasteiger partial charge in [0, 0.05) is 11.8 Å². The Morgan fingerprint density at radius 1 is 1.09 bits per heavy atom. The first-order chi connectivity index (χ1) is 10.3. The third-order valence-corrected chi connectivity index (χ3v) is 4.12. The highest BCUT2D eigenvalue weighted by atomic mass is 32.2. The van der Waals surface area contributed by atoms with Crippen LogP contribution < -0.4 is 5.32 Å². The molecule has 1 atom stereocenters. The average Bonchev–Trinajstić information content (AvgIpc) is 2.46. The second-order valence-electron chi connectivity index (χ2n) is 5.38. The van der Waals surface area contributed by atoms with E-state index in [1.807, 2.05) is 37.3 Å². The molecule has 0 aliphatic heterocycles. The van der Waals surface area contributed by atoms with E-state index in [1.54, 1.807) is 24.3 Å². The first-order valence-corrected chi connectivity index (χ1v) is 9.04. The molecule has 2 aromatic carbocycles. The maximum absolute atomic E-state index is 12.3. The van der Waals surface area contributed by atoms with Crippen LogP contribution >= 0.6 is 0 Å². The molecule has 1 amide bonds. The fourth-order valence-electron chi connectivity index (χ4n) is 2.21. The van der Waals surface area contributed by atoms with Gasteiger partial charge in [0.2, 0.25) is 0 Å². The van der Waals surface area contributed by atoms with Gasteiger partial charge in [-0.2, -0.15) is 0 Å². The molecule has 116 valence electrons. The molecule has 5 heteroatoms. The van der Waals surface area contributed by atoms with Crippen molar-refractivity contribution >= 4 is 15.7 Å². The molecule has 0 aliphatic carbocycles. The Hall–Kier alpha value is -2.14. The van der Waals surface area contributed by atoms with Gasteiger partial charge in [-0.15, -0.1) is 0 Å². The van der Waals surface area contributed by atoms with E-state index in [2.05, 4.69) is 5.32 Å². The number of carbonyl (C=O) groups is 1. The summed E-state index contributed by atoms with van der Waals surface area (Å²) in [4.78, 5) is 12.3. The van der Waals surface area contributed by atoms with Crippen LogP contribution in [0.15, 0.2) is 54.6 Å². The summed E-state index contributed by atoms with van der Waals surface area (Å²) >= 11 is 0. The maximum Gasteiger partial charge on any atom is 0.251 e. The lowest BCUT2D eigenvalue weighted by Crippen LogP contribution is -2.26. The van der Waals surface area contributed by atoms with Crippen LogP contribution in [0.5, 0.6) is 0 Å². The van der Waals surface area contributed by atoms with Crippen LogP contribution in [0.1, 0.15) is 34.5 Å². The molecule has 0 bridgehead atoms. The predicted molar refractivity (Wildman–Crippen MR) is 87.3 cm³/mol. The molecule has 0 radical (unpaired) electrons. The minimum atomic E-state index is -3.12. The smallest absolute Gasteiger partial charge is 0.251 e. The van der Waals surface area contributed by atoms with E-state index in [0.29, 0.717) is 11.1 Å². The summed E-state index contributed by atoms with van der Waals surface area (Å²) in [5.74, 6) is -0.283. The van der Waals surface area contributed by atoms with Crippen molar-refractivity contribution in [1.82, 2.24) is 5.32 Å². The Balaban J connectivity index is 2.11. The lowest BCUT2D eigenvalue weighted by molar-refractivity contribution is 0.0939. The number of rotatable bonds is 5. The van der Waals surface area contributed by atoms with Crippen molar-refractivity contribution in [1.29, 1.82) is 0 Å². The number of benzene rings is 2. The fraction of sp³-hybridized carbons (Fsp3) is 0.235. The highest BCUT2D eigenvalue weighted by Gasteiger charge is 2.12. The lowest BCUT2D eigenvalue weighted by Gasteiger charge is -2.14. The average molecular weight is 317 g/mol. The molecule has 2 aromatic rings. The van der Waals surface area contributed by atoms with Gasteiger partial charge < -0.3 is 5.32 Å². The zero-order valence-electron chi connectivity index (χ0n) is 12.6. The molecule has 22 heavy (non-hydrogen) atoms. The van der Waals surface area contributed by atoms with Gasteiger partial charge in [0.05, 0.1) is 11.8 Å². The quantitative estimate of drug-likeness (QED) is 0.922. The van der Waals surface area contributed by atoms with Crippen LogP contribution in [-0.2, 0) is 15.6 Å². The normalized spacial score (nSPS) is 12.6. The first-order valence-electron chi connectivity index (χ1n) is 6.97. The SMILES string of the molecule is C[C@H](NC(=O)c1cccc(CS(C)(=O)=O)c1)c1ccccc1.